The van der Waals surface area contributed by atoms with Gasteiger partial charge in [-0.3, -0.25) is 4.99 Å². The summed E-state index contributed by atoms with van der Waals surface area (Å²) in [6, 6.07) is 5.58. The molecule has 11 nitrogen and oxygen atoms in total. The highest BCUT2D eigenvalue weighted by Crippen LogP contribution is 2.40. The van der Waals surface area contributed by atoms with E-state index in [9.17, 15) is 30.6 Å². The van der Waals surface area contributed by atoms with Crippen molar-refractivity contribution in [1.82, 2.24) is 15.1 Å². The number of hydrogen-bond donors (Lipinski definition) is 2. The molecule has 44 heavy (non-hydrogen) atoms. The molecule has 1 aromatic carbocycles. The largest absolute Gasteiger partial charge is 0.490 e. The number of nitrogens with two attached hydrogens (primary N) is 1. The number of halogens is 7. The molecule has 19 heteroatoms. The Morgan fingerprint density at radius 1 is 1.11 bits per heavy atom. The number of benzene rings is 1. The number of nitrogens with zero attached hydrogens (tertiary/aromatic N) is 5. The van der Waals surface area contributed by atoms with Crippen LogP contribution in [0.5, 0.6) is 5.88 Å². The summed E-state index contributed by atoms with van der Waals surface area (Å²) in [5.41, 5.74) is 5.66. The maximum absolute atomic E-state index is 15.1. The van der Waals surface area contributed by atoms with Crippen molar-refractivity contribution in [1.29, 1.82) is 0 Å². The van der Waals surface area contributed by atoms with Crippen LogP contribution in [0.4, 0.5) is 30.7 Å². The summed E-state index contributed by atoms with van der Waals surface area (Å²) in [5, 5.41) is 11.1. The molecule has 3 heterocycles. The molecule has 0 saturated heterocycles. The first-order chi connectivity index (χ1) is 20.1. The molecule has 0 bridgehead atoms. The number of carbonyl (C=O) groups is 1. The smallest absolute Gasteiger partial charge is 0.480 e. The van der Waals surface area contributed by atoms with Crippen LogP contribution in [0.2, 0.25) is 0 Å². The zero-order valence-corrected chi connectivity index (χ0v) is 24.1. The fourth-order valence-electron chi connectivity index (χ4n) is 3.86. The van der Waals surface area contributed by atoms with Crippen molar-refractivity contribution in [2.75, 3.05) is 19.4 Å². The average molecular weight is 655 g/mol. The minimum atomic E-state index is -5.08. The Morgan fingerprint density at radius 3 is 2.27 bits per heavy atom. The number of rotatable bonds is 5. The van der Waals surface area contributed by atoms with Crippen LogP contribution in [0.15, 0.2) is 50.5 Å². The van der Waals surface area contributed by atoms with Gasteiger partial charge < -0.3 is 20.1 Å². The number of amidine groups is 1. The zero-order chi connectivity index (χ0) is 33.3. The monoisotopic (exact) mass is 654 g/mol. The van der Waals surface area contributed by atoms with Gasteiger partial charge in [-0.2, -0.15) is 26.3 Å². The van der Waals surface area contributed by atoms with Crippen molar-refractivity contribution >= 4 is 21.5 Å². The van der Waals surface area contributed by atoms with Gasteiger partial charge in [0, 0.05) is 17.2 Å². The molecule has 0 saturated carbocycles. The minimum absolute atomic E-state index is 0.0272. The van der Waals surface area contributed by atoms with Gasteiger partial charge in [0.05, 0.1) is 35.0 Å². The summed E-state index contributed by atoms with van der Waals surface area (Å²) in [7, 11) is -2.16. The van der Waals surface area contributed by atoms with Crippen LogP contribution in [-0.4, -0.2) is 72.8 Å². The highest BCUT2D eigenvalue weighted by molar-refractivity contribution is 7.95. The molecule has 2 aromatic heterocycles. The molecule has 0 aliphatic carbocycles. The minimum Gasteiger partial charge on any atom is -0.480 e. The quantitative estimate of drug-likeness (QED) is 0.361. The van der Waals surface area contributed by atoms with E-state index in [-0.39, 0.29) is 17.2 Å². The Kier molecular flexibility index (Phi) is 9.33. The van der Waals surface area contributed by atoms with Gasteiger partial charge in [-0.15, -0.1) is 0 Å². The average Bonchev–Trinajstić information content (AvgIpc) is 3.41. The Morgan fingerprint density at radius 2 is 1.75 bits per heavy atom. The summed E-state index contributed by atoms with van der Waals surface area (Å²) in [6.07, 6.45) is -6.89. The van der Waals surface area contributed by atoms with E-state index in [1.54, 1.807) is 6.07 Å². The SMILES string of the molecule is COc1cnc(-c2cc(-c3ccc(F)c([C@]4(C)C[S@](=O)(=NCC(F)(F)F)C(C)(C)C(N)=N4)c3)on2)cn1.O=C(O)C(F)(F)F. The summed E-state index contributed by atoms with van der Waals surface area (Å²) in [6.45, 7) is 2.67. The van der Waals surface area contributed by atoms with Crippen LogP contribution < -0.4 is 10.5 Å². The molecule has 0 radical (unpaired) electrons. The number of aromatic nitrogens is 3. The molecular weight excluding hydrogens is 629 g/mol. The van der Waals surface area contributed by atoms with E-state index in [4.69, 9.17) is 24.9 Å². The van der Waals surface area contributed by atoms with E-state index in [1.165, 1.54) is 52.4 Å². The number of alkyl halides is 6. The Labute approximate surface area is 245 Å². The van der Waals surface area contributed by atoms with Crippen molar-refractivity contribution in [3.63, 3.8) is 0 Å². The summed E-state index contributed by atoms with van der Waals surface area (Å²) in [4.78, 5) is 21.6. The van der Waals surface area contributed by atoms with E-state index < -0.39 is 56.5 Å². The molecule has 3 aromatic rings. The second-order valence-electron chi connectivity index (χ2n) is 9.99. The summed E-state index contributed by atoms with van der Waals surface area (Å²) in [5.74, 6) is -3.53. The zero-order valence-electron chi connectivity index (χ0n) is 23.3. The van der Waals surface area contributed by atoms with E-state index in [1.807, 2.05) is 0 Å². The standard InChI is InChI=1S/C23H24F4N6O3S.C2HF3O2/c1-21(2)20(28)32-22(3,12-37(21,34)31-11-23(25,26)27)14-7-13(5-6-15(14)24)18-8-16(33-36-18)17-9-30-19(35-4)10-29-17;3-2(4,5)1(6)7/h5-10H,11-12H2,1-4H3,(H2,28,32);(H,6,7)/t22-,37+;/m0./s1. The van der Waals surface area contributed by atoms with Crippen molar-refractivity contribution in [3.05, 3.63) is 48.0 Å². The van der Waals surface area contributed by atoms with E-state index in [0.717, 1.165) is 6.07 Å². The lowest BCUT2D eigenvalue weighted by Gasteiger charge is -2.40. The topological polar surface area (TPSA) is 166 Å². The Bertz CT molecular complexity index is 1680. The Balaban J connectivity index is 0.000000676. The normalized spacial score (nSPS) is 21.5. The van der Waals surface area contributed by atoms with Gasteiger partial charge >= 0.3 is 18.3 Å². The van der Waals surface area contributed by atoms with Crippen molar-refractivity contribution in [2.24, 2.45) is 15.1 Å². The van der Waals surface area contributed by atoms with Crippen molar-refractivity contribution < 1.29 is 54.1 Å². The third kappa shape index (κ3) is 7.43. The first-order valence-corrected chi connectivity index (χ1v) is 13.9. The number of aliphatic imine (C=N–C) groups is 1. The fourth-order valence-corrected chi connectivity index (χ4v) is 6.34. The van der Waals surface area contributed by atoms with Crippen LogP contribution in [0, 0.1) is 5.82 Å². The van der Waals surface area contributed by atoms with Gasteiger partial charge in [-0.25, -0.2) is 27.7 Å². The van der Waals surface area contributed by atoms with Gasteiger partial charge in [0.2, 0.25) is 5.88 Å². The number of hydrogen-bond acceptors (Lipinski definition) is 10. The molecule has 1 aliphatic heterocycles. The van der Waals surface area contributed by atoms with Gasteiger partial charge in [-0.1, -0.05) is 5.16 Å². The maximum Gasteiger partial charge on any atom is 0.490 e. The van der Waals surface area contributed by atoms with E-state index in [2.05, 4.69) is 24.5 Å². The third-order valence-corrected chi connectivity index (χ3v) is 9.70. The van der Waals surface area contributed by atoms with E-state index in [0.29, 0.717) is 22.8 Å². The lowest BCUT2D eigenvalue weighted by Crippen LogP contribution is -2.55. The summed E-state index contributed by atoms with van der Waals surface area (Å²) < 4.78 is 112. The molecule has 4 rings (SSSR count). The van der Waals surface area contributed by atoms with Crippen LogP contribution in [0.3, 0.4) is 0 Å². The number of methoxy groups -OCH3 is 1. The van der Waals surface area contributed by atoms with Gasteiger partial charge in [0.1, 0.15) is 39.9 Å². The van der Waals surface area contributed by atoms with Crippen molar-refractivity contribution in [3.8, 4) is 28.6 Å². The van der Waals surface area contributed by atoms with Crippen LogP contribution >= 0.6 is 0 Å². The molecule has 0 spiro atoms. The van der Waals surface area contributed by atoms with Gasteiger partial charge in [0.25, 0.3) is 0 Å². The predicted molar refractivity (Wildman–Crippen MR) is 143 cm³/mol. The molecule has 0 amide bonds. The Hall–Kier alpha value is -4.29. The number of aliphatic carboxylic acids is 1. The molecule has 0 unspecified atom stereocenters. The molecule has 2 atom stereocenters. The molecule has 240 valence electrons. The lowest BCUT2D eigenvalue weighted by atomic mass is 9.91. The van der Waals surface area contributed by atoms with E-state index >= 15 is 4.39 Å². The maximum atomic E-state index is 15.1. The summed E-state index contributed by atoms with van der Waals surface area (Å²) >= 11 is 0. The van der Waals surface area contributed by atoms with Gasteiger partial charge in [-0.05, 0) is 39.0 Å². The van der Waals surface area contributed by atoms with Crippen LogP contribution in [0.1, 0.15) is 26.3 Å². The van der Waals surface area contributed by atoms with Crippen LogP contribution in [-0.2, 0) is 20.1 Å². The van der Waals surface area contributed by atoms with Gasteiger partial charge in [0.15, 0.2) is 5.76 Å². The molecule has 0 fully saturated rings. The highest BCUT2D eigenvalue weighted by atomic mass is 32.2. The molecule has 1 aliphatic rings. The molecular formula is C25H25F7N6O5S. The molecule has 3 N–H and O–H groups in total. The first kappa shape index (κ1) is 34.2. The third-order valence-electron chi connectivity index (χ3n) is 6.39. The second kappa shape index (κ2) is 12.0. The lowest BCUT2D eigenvalue weighted by molar-refractivity contribution is -0.192. The second-order valence-corrected chi connectivity index (χ2v) is 12.8. The number of carboxylic acid groups (broad SMARTS) is 1. The highest BCUT2D eigenvalue weighted by Gasteiger charge is 2.48. The van der Waals surface area contributed by atoms with Crippen LogP contribution in [0.25, 0.3) is 22.7 Å². The fraction of sp³-hybridized carbons (Fsp3) is 0.400. The predicted octanol–water partition coefficient (Wildman–Crippen LogP) is 4.97. The number of carboxylic acids is 1. The number of ether oxygens (including phenoxy) is 1. The first-order valence-electron chi connectivity index (χ1n) is 12.2. The van der Waals surface area contributed by atoms with Crippen molar-refractivity contribution in [2.45, 2.75) is 43.4 Å².